The van der Waals surface area contributed by atoms with Gasteiger partial charge in [0.05, 0.1) is 0 Å². The minimum atomic E-state index is -0.289. The number of hydrogen-bond donors (Lipinski definition) is 1. The summed E-state index contributed by atoms with van der Waals surface area (Å²) in [5, 5.41) is 7.00. The van der Waals surface area contributed by atoms with E-state index in [4.69, 9.17) is 4.52 Å². The van der Waals surface area contributed by atoms with Crippen molar-refractivity contribution in [1.82, 2.24) is 25.3 Å². The highest BCUT2D eigenvalue weighted by molar-refractivity contribution is 6.00. The van der Waals surface area contributed by atoms with E-state index < -0.39 is 0 Å². The van der Waals surface area contributed by atoms with Gasteiger partial charge in [-0.3, -0.25) is 9.78 Å². The van der Waals surface area contributed by atoms with Crippen LogP contribution in [0.3, 0.4) is 0 Å². The van der Waals surface area contributed by atoms with Crippen molar-refractivity contribution in [2.24, 2.45) is 0 Å². The summed E-state index contributed by atoms with van der Waals surface area (Å²) in [6, 6.07) is 3.53. The zero-order chi connectivity index (χ0) is 19.6. The highest BCUT2D eigenvalue weighted by Gasteiger charge is 2.30. The molecule has 1 fully saturated rings. The average Bonchev–Trinajstić information content (AvgIpc) is 3.02. The summed E-state index contributed by atoms with van der Waals surface area (Å²) in [5.74, 6) is 0.343. The van der Waals surface area contributed by atoms with Crippen LogP contribution in [0.1, 0.15) is 36.9 Å². The molecule has 144 valence electrons. The lowest BCUT2D eigenvalue weighted by Gasteiger charge is -2.36. The summed E-state index contributed by atoms with van der Waals surface area (Å²) in [5.41, 5.74) is 1.40. The first-order valence-corrected chi connectivity index (χ1v) is 8.99. The van der Waals surface area contributed by atoms with E-state index in [1.807, 2.05) is 26.8 Å². The predicted octanol–water partition coefficient (Wildman–Crippen LogP) is 2.31. The number of urea groups is 1. The number of hydrogen-bond acceptors (Lipinski definition) is 5. The first kappa shape index (κ1) is 18.9. The number of rotatable bonds is 2. The second kappa shape index (κ2) is 7.38. The van der Waals surface area contributed by atoms with Crippen LogP contribution >= 0.6 is 0 Å². The molecule has 0 spiro atoms. The molecule has 2 aromatic heterocycles. The van der Waals surface area contributed by atoms with E-state index in [0.717, 1.165) is 5.56 Å². The van der Waals surface area contributed by atoms with E-state index in [-0.39, 0.29) is 17.5 Å². The Labute approximate surface area is 158 Å². The van der Waals surface area contributed by atoms with Crippen LogP contribution in [0, 0.1) is 6.92 Å². The maximum atomic E-state index is 13.1. The van der Waals surface area contributed by atoms with Gasteiger partial charge in [-0.1, -0.05) is 5.16 Å². The Kier molecular flexibility index (Phi) is 5.16. The SMILES string of the molecule is Cc1onc(-c2cccnc2)c1C(=O)N1CCN(C(=O)NC(C)(C)C)CC1. The zero-order valence-electron chi connectivity index (χ0n) is 16.2. The number of carbonyl (C=O) groups is 2. The van der Waals surface area contributed by atoms with Gasteiger partial charge in [-0.05, 0) is 39.8 Å². The third-order valence-corrected chi connectivity index (χ3v) is 4.35. The fraction of sp³-hybridized carbons (Fsp3) is 0.474. The summed E-state index contributed by atoms with van der Waals surface area (Å²) in [4.78, 5) is 32.9. The number of aryl methyl sites for hydroxylation is 1. The van der Waals surface area contributed by atoms with Crippen molar-refractivity contribution in [3.05, 3.63) is 35.9 Å². The number of nitrogens with one attached hydrogen (secondary N) is 1. The van der Waals surface area contributed by atoms with Crippen LogP contribution in [0.4, 0.5) is 4.79 Å². The van der Waals surface area contributed by atoms with Crippen LogP contribution in [-0.4, -0.2) is 63.6 Å². The molecule has 0 saturated carbocycles. The van der Waals surface area contributed by atoms with Gasteiger partial charge in [0.1, 0.15) is 17.0 Å². The maximum Gasteiger partial charge on any atom is 0.317 e. The summed E-state index contributed by atoms with van der Waals surface area (Å²) < 4.78 is 5.28. The fourth-order valence-electron chi connectivity index (χ4n) is 2.99. The molecular weight excluding hydrogens is 346 g/mol. The van der Waals surface area contributed by atoms with Crippen LogP contribution in [0.5, 0.6) is 0 Å². The smallest absolute Gasteiger partial charge is 0.317 e. The van der Waals surface area contributed by atoms with Gasteiger partial charge >= 0.3 is 6.03 Å². The summed E-state index contributed by atoms with van der Waals surface area (Å²) in [7, 11) is 0. The molecule has 2 aromatic rings. The lowest BCUT2D eigenvalue weighted by atomic mass is 10.1. The predicted molar refractivity (Wildman–Crippen MR) is 100 cm³/mol. The third-order valence-electron chi connectivity index (χ3n) is 4.35. The van der Waals surface area contributed by atoms with Gasteiger partial charge in [0.25, 0.3) is 5.91 Å². The molecule has 0 aliphatic carbocycles. The fourth-order valence-corrected chi connectivity index (χ4v) is 2.99. The second-order valence-corrected chi connectivity index (χ2v) is 7.66. The monoisotopic (exact) mass is 371 g/mol. The van der Waals surface area contributed by atoms with Crippen molar-refractivity contribution in [1.29, 1.82) is 0 Å². The minimum Gasteiger partial charge on any atom is -0.360 e. The van der Waals surface area contributed by atoms with Crippen LogP contribution in [0.15, 0.2) is 29.0 Å². The number of pyridine rings is 1. The molecule has 0 aromatic carbocycles. The van der Waals surface area contributed by atoms with Gasteiger partial charge in [-0.15, -0.1) is 0 Å². The van der Waals surface area contributed by atoms with Crippen LogP contribution in [-0.2, 0) is 0 Å². The van der Waals surface area contributed by atoms with E-state index in [0.29, 0.717) is 43.2 Å². The Balaban J connectivity index is 1.71. The molecule has 1 aliphatic heterocycles. The summed E-state index contributed by atoms with van der Waals surface area (Å²) in [6.07, 6.45) is 3.32. The molecule has 3 rings (SSSR count). The van der Waals surface area contributed by atoms with Crippen molar-refractivity contribution >= 4 is 11.9 Å². The van der Waals surface area contributed by atoms with Crippen LogP contribution in [0.2, 0.25) is 0 Å². The molecule has 1 N–H and O–H groups in total. The Hall–Kier alpha value is -2.90. The van der Waals surface area contributed by atoms with E-state index in [2.05, 4.69) is 15.5 Å². The minimum absolute atomic E-state index is 0.105. The maximum absolute atomic E-state index is 13.1. The topological polar surface area (TPSA) is 91.6 Å². The van der Waals surface area contributed by atoms with Crippen molar-refractivity contribution in [2.75, 3.05) is 26.2 Å². The third kappa shape index (κ3) is 4.27. The van der Waals surface area contributed by atoms with Crippen molar-refractivity contribution in [2.45, 2.75) is 33.2 Å². The van der Waals surface area contributed by atoms with Crippen molar-refractivity contribution in [3.8, 4) is 11.3 Å². The molecule has 0 radical (unpaired) electrons. The van der Waals surface area contributed by atoms with E-state index >= 15 is 0 Å². The van der Waals surface area contributed by atoms with Gasteiger partial charge in [-0.25, -0.2) is 4.79 Å². The lowest BCUT2D eigenvalue weighted by molar-refractivity contribution is 0.0660. The second-order valence-electron chi connectivity index (χ2n) is 7.66. The first-order valence-electron chi connectivity index (χ1n) is 8.99. The summed E-state index contributed by atoms with van der Waals surface area (Å²) >= 11 is 0. The molecule has 0 bridgehead atoms. The van der Waals surface area contributed by atoms with Gasteiger partial charge < -0.3 is 19.6 Å². The van der Waals surface area contributed by atoms with E-state index in [9.17, 15) is 9.59 Å². The number of nitrogens with zero attached hydrogens (tertiary/aromatic N) is 4. The Bertz CT molecular complexity index is 818. The highest BCUT2D eigenvalue weighted by atomic mass is 16.5. The molecule has 3 amide bonds. The average molecular weight is 371 g/mol. The van der Waals surface area contributed by atoms with Crippen LogP contribution < -0.4 is 5.32 Å². The van der Waals surface area contributed by atoms with E-state index in [1.165, 1.54) is 0 Å². The summed E-state index contributed by atoms with van der Waals surface area (Å²) in [6.45, 7) is 9.46. The highest BCUT2D eigenvalue weighted by Crippen LogP contribution is 2.26. The van der Waals surface area contributed by atoms with Crippen molar-refractivity contribution in [3.63, 3.8) is 0 Å². The van der Waals surface area contributed by atoms with Gasteiger partial charge in [0.2, 0.25) is 0 Å². The molecule has 0 unspecified atom stereocenters. The largest absolute Gasteiger partial charge is 0.360 e. The van der Waals surface area contributed by atoms with E-state index in [1.54, 1.807) is 35.2 Å². The lowest BCUT2D eigenvalue weighted by Crippen LogP contribution is -2.56. The quantitative estimate of drug-likeness (QED) is 0.875. The van der Waals surface area contributed by atoms with Gasteiger partial charge in [0, 0.05) is 49.7 Å². The molecule has 1 saturated heterocycles. The van der Waals surface area contributed by atoms with Gasteiger partial charge in [-0.2, -0.15) is 0 Å². The number of amides is 3. The Morgan fingerprint density at radius 3 is 2.41 bits per heavy atom. The van der Waals surface area contributed by atoms with Crippen molar-refractivity contribution < 1.29 is 14.1 Å². The molecule has 0 atom stereocenters. The molecule has 8 heteroatoms. The van der Waals surface area contributed by atoms with Gasteiger partial charge in [0.15, 0.2) is 0 Å². The standard InChI is InChI=1S/C19H25N5O3/c1-13-15(16(22-27-13)14-6-5-7-20-12-14)17(25)23-8-10-24(11-9-23)18(26)21-19(2,3)4/h5-7,12H,8-11H2,1-4H3,(H,21,26). The normalized spacial score (nSPS) is 15.0. The van der Waals surface area contributed by atoms with Crippen LogP contribution in [0.25, 0.3) is 11.3 Å². The number of piperazine rings is 1. The first-order chi connectivity index (χ1) is 12.8. The number of aromatic nitrogens is 2. The molecule has 3 heterocycles. The molecule has 27 heavy (non-hydrogen) atoms. The molecule has 8 nitrogen and oxygen atoms in total. The number of carbonyl (C=O) groups excluding carboxylic acids is 2. The molecular formula is C19H25N5O3. The zero-order valence-corrected chi connectivity index (χ0v) is 16.2. The Morgan fingerprint density at radius 1 is 1.15 bits per heavy atom. The Morgan fingerprint density at radius 2 is 1.81 bits per heavy atom. The molecule has 1 aliphatic rings.